The molecule has 2 atom stereocenters. The number of hydrogen-bond acceptors (Lipinski definition) is 4. The van der Waals surface area contributed by atoms with Crippen LogP contribution in [0.1, 0.15) is 36.0 Å². The third-order valence-corrected chi connectivity index (χ3v) is 4.53. The normalized spacial score (nSPS) is 20.1. The molecule has 1 aliphatic carbocycles. The minimum absolute atomic E-state index is 0.0360. The number of carbonyl (C=O) groups excluding carboxylic acids is 2. The van der Waals surface area contributed by atoms with E-state index in [0.717, 1.165) is 6.07 Å². The predicted molar refractivity (Wildman–Crippen MR) is 91.0 cm³/mol. The summed E-state index contributed by atoms with van der Waals surface area (Å²) in [7, 11) is 3.28. The van der Waals surface area contributed by atoms with E-state index in [-0.39, 0.29) is 24.1 Å². The first-order valence-corrected chi connectivity index (χ1v) is 8.59. The van der Waals surface area contributed by atoms with Gasteiger partial charge in [0, 0.05) is 20.1 Å². The zero-order chi connectivity index (χ0) is 20.2. The SMILES string of the molecule is CN(C)c1ccc(C(=O)OCC(=O)NC2CCCCC2C(F)(F)F)cc1F. The van der Waals surface area contributed by atoms with Crippen molar-refractivity contribution in [1.82, 2.24) is 5.32 Å². The van der Waals surface area contributed by atoms with Gasteiger partial charge in [-0.25, -0.2) is 9.18 Å². The molecule has 0 radical (unpaired) electrons. The van der Waals surface area contributed by atoms with Gasteiger partial charge in [0.2, 0.25) is 0 Å². The van der Waals surface area contributed by atoms with Crippen molar-refractivity contribution < 1.29 is 31.9 Å². The highest BCUT2D eigenvalue weighted by Crippen LogP contribution is 2.37. The highest BCUT2D eigenvalue weighted by molar-refractivity contribution is 5.91. The van der Waals surface area contributed by atoms with Crippen molar-refractivity contribution in [2.45, 2.75) is 37.9 Å². The molecule has 0 spiro atoms. The summed E-state index contributed by atoms with van der Waals surface area (Å²) in [5.74, 6) is -3.96. The zero-order valence-corrected chi connectivity index (χ0v) is 15.1. The Bertz CT molecular complexity index is 692. The maximum absolute atomic E-state index is 13.9. The lowest BCUT2D eigenvalue weighted by atomic mass is 9.84. The van der Waals surface area contributed by atoms with E-state index in [2.05, 4.69) is 5.32 Å². The number of rotatable bonds is 5. The zero-order valence-electron chi connectivity index (χ0n) is 15.1. The van der Waals surface area contributed by atoms with Gasteiger partial charge in [0.05, 0.1) is 17.2 Å². The lowest BCUT2D eigenvalue weighted by Crippen LogP contribution is -2.48. The van der Waals surface area contributed by atoms with Crippen LogP contribution in [-0.4, -0.2) is 44.8 Å². The Morgan fingerprint density at radius 1 is 1.22 bits per heavy atom. The summed E-state index contributed by atoms with van der Waals surface area (Å²) < 4.78 is 57.8. The van der Waals surface area contributed by atoms with Crippen LogP contribution >= 0.6 is 0 Å². The average molecular weight is 390 g/mol. The van der Waals surface area contributed by atoms with Crippen molar-refractivity contribution in [1.29, 1.82) is 0 Å². The Morgan fingerprint density at radius 3 is 2.48 bits per heavy atom. The van der Waals surface area contributed by atoms with Gasteiger partial charge in [-0.2, -0.15) is 13.2 Å². The van der Waals surface area contributed by atoms with Crippen molar-refractivity contribution in [2.75, 3.05) is 25.6 Å². The van der Waals surface area contributed by atoms with Crippen LogP contribution in [0.4, 0.5) is 23.2 Å². The molecule has 0 heterocycles. The molecule has 1 N–H and O–H groups in total. The minimum atomic E-state index is -4.39. The smallest absolute Gasteiger partial charge is 0.393 e. The van der Waals surface area contributed by atoms with E-state index < -0.39 is 42.4 Å². The number of esters is 1. The van der Waals surface area contributed by atoms with Crippen LogP contribution in [0.25, 0.3) is 0 Å². The molecular weight excluding hydrogens is 368 g/mol. The fraction of sp³-hybridized carbons (Fsp3) is 0.556. The number of alkyl halides is 3. The first-order valence-electron chi connectivity index (χ1n) is 8.59. The molecule has 0 saturated heterocycles. The highest BCUT2D eigenvalue weighted by Gasteiger charge is 2.45. The van der Waals surface area contributed by atoms with Gasteiger partial charge < -0.3 is 15.0 Å². The number of nitrogens with one attached hydrogen (secondary N) is 1. The Balaban J connectivity index is 1.91. The van der Waals surface area contributed by atoms with Gasteiger partial charge in [0.25, 0.3) is 5.91 Å². The summed E-state index contributed by atoms with van der Waals surface area (Å²) >= 11 is 0. The van der Waals surface area contributed by atoms with E-state index in [1.807, 2.05) is 0 Å². The summed E-state index contributed by atoms with van der Waals surface area (Å²) in [6.45, 7) is -0.725. The molecule has 1 aromatic carbocycles. The first-order chi connectivity index (χ1) is 12.6. The van der Waals surface area contributed by atoms with Crippen LogP contribution in [0, 0.1) is 11.7 Å². The van der Waals surface area contributed by atoms with Crippen LogP contribution in [-0.2, 0) is 9.53 Å². The Kier molecular flexibility index (Phi) is 6.67. The van der Waals surface area contributed by atoms with Gasteiger partial charge in [0.15, 0.2) is 6.61 Å². The van der Waals surface area contributed by atoms with Gasteiger partial charge in [-0.3, -0.25) is 4.79 Å². The molecule has 5 nitrogen and oxygen atoms in total. The van der Waals surface area contributed by atoms with Crippen molar-refractivity contribution in [3.63, 3.8) is 0 Å². The largest absolute Gasteiger partial charge is 0.452 e. The Hall–Kier alpha value is -2.32. The summed E-state index contributed by atoms with van der Waals surface area (Å²) in [6.07, 6.45) is -3.15. The van der Waals surface area contributed by atoms with E-state index in [1.54, 1.807) is 14.1 Å². The summed E-state index contributed by atoms with van der Waals surface area (Å²) in [5, 5.41) is 2.30. The van der Waals surface area contributed by atoms with Crippen molar-refractivity contribution in [3.8, 4) is 0 Å². The molecule has 0 aromatic heterocycles. The number of hydrogen-bond donors (Lipinski definition) is 1. The second-order valence-corrected chi connectivity index (χ2v) is 6.74. The number of anilines is 1. The maximum Gasteiger partial charge on any atom is 0.393 e. The highest BCUT2D eigenvalue weighted by atomic mass is 19.4. The molecular formula is C18H22F4N2O3. The molecule has 2 unspecified atom stereocenters. The third-order valence-electron chi connectivity index (χ3n) is 4.53. The number of halogens is 4. The third kappa shape index (κ3) is 5.58. The molecule has 0 bridgehead atoms. The standard InChI is InChI=1S/C18H22F4N2O3/c1-24(2)15-8-7-11(9-13(15)19)17(26)27-10-16(25)23-14-6-4-3-5-12(14)18(20,21)22/h7-9,12,14H,3-6,10H2,1-2H3,(H,23,25). The predicted octanol–water partition coefficient (Wildman–Crippen LogP) is 3.29. The quantitative estimate of drug-likeness (QED) is 0.619. The van der Waals surface area contributed by atoms with E-state index in [0.29, 0.717) is 12.8 Å². The van der Waals surface area contributed by atoms with Crippen molar-refractivity contribution in [3.05, 3.63) is 29.6 Å². The van der Waals surface area contributed by atoms with Crippen LogP contribution in [0.2, 0.25) is 0 Å². The van der Waals surface area contributed by atoms with Gasteiger partial charge >= 0.3 is 12.1 Å². The second-order valence-electron chi connectivity index (χ2n) is 6.74. The van der Waals surface area contributed by atoms with Crippen LogP contribution in [0.15, 0.2) is 18.2 Å². The van der Waals surface area contributed by atoms with E-state index in [9.17, 15) is 27.2 Å². The van der Waals surface area contributed by atoms with Crippen molar-refractivity contribution in [2.24, 2.45) is 5.92 Å². The lowest BCUT2D eigenvalue weighted by molar-refractivity contribution is -0.189. The second kappa shape index (κ2) is 8.58. The molecule has 1 saturated carbocycles. The molecule has 1 fully saturated rings. The van der Waals surface area contributed by atoms with Crippen molar-refractivity contribution >= 4 is 17.6 Å². The summed E-state index contributed by atoms with van der Waals surface area (Å²) in [5.41, 5.74) is 0.191. The van der Waals surface area contributed by atoms with Crippen LogP contribution < -0.4 is 10.2 Å². The maximum atomic E-state index is 13.9. The monoisotopic (exact) mass is 390 g/mol. The molecule has 1 amide bonds. The van der Waals surface area contributed by atoms with Gasteiger partial charge in [0.1, 0.15) is 5.82 Å². The number of nitrogens with zero attached hydrogens (tertiary/aromatic N) is 1. The van der Waals surface area contributed by atoms with Gasteiger partial charge in [-0.1, -0.05) is 12.8 Å². The molecule has 2 rings (SSSR count). The molecule has 27 heavy (non-hydrogen) atoms. The Morgan fingerprint density at radius 2 is 1.89 bits per heavy atom. The first kappa shape index (κ1) is 21.0. The number of benzene rings is 1. The Labute approximate surface area is 154 Å². The molecule has 0 aliphatic heterocycles. The van der Waals surface area contributed by atoms with Gasteiger partial charge in [-0.15, -0.1) is 0 Å². The summed E-state index contributed by atoms with van der Waals surface area (Å²) in [4.78, 5) is 25.4. The minimum Gasteiger partial charge on any atom is -0.452 e. The van der Waals surface area contributed by atoms with E-state index in [4.69, 9.17) is 4.74 Å². The molecule has 1 aliphatic rings. The van der Waals surface area contributed by atoms with E-state index in [1.165, 1.54) is 17.0 Å². The van der Waals surface area contributed by atoms with E-state index >= 15 is 0 Å². The molecule has 9 heteroatoms. The number of ether oxygens (including phenoxy) is 1. The van der Waals surface area contributed by atoms with Crippen LogP contribution in [0.5, 0.6) is 0 Å². The fourth-order valence-electron chi connectivity index (χ4n) is 3.15. The molecule has 150 valence electrons. The molecule has 1 aromatic rings. The fourth-order valence-corrected chi connectivity index (χ4v) is 3.15. The summed E-state index contributed by atoms with van der Waals surface area (Å²) in [6, 6.07) is 2.69. The van der Waals surface area contributed by atoms with Crippen LogP contribution in [0.3, 0.4) is 0 Å². The number of amides is 1. The van der Waals surface area contributed by atoms with Gasteiger partial charge in [-0.05, 0) is 31.0 Å². The average Bonchev–Trinajstić information content (AvgIpc) is 2.58. The number of carbonyl (C=O) groups is 2. The topological polar surface area (TPSA) is 58.6 Å². The lowest BCUT2D eigenvalue weighted by Gasteiger charge is -2.33.